The molecular weight excluding hydrogens is 451 g/mol. The molecule has 0 aromatic carbocycles. The van der Waals surface area contributed by atoms with Gasteiger partial charge in [0.05, 0.1) is 17.7 Å². The SMILES string of the molecule is CCOC1CC(NC(=NC)N(C)Cc2cc(Cl)cn2C)C12CCC2.I. The van der Waals surface area contributed by atoms with Crippen LogP contribution in [0.5, 0.6) is 0 Å². The van der Waals surface area contributed by atoms with Gasteiger partial charge in [-0.15, -0.1) is 24.0 Å². The summed E-state index contributed by atoms with van der Waals surface area (Å²) in [6, 6.07) is 2.48. The molecule has 0 bridgehead atoms. The molecule has 2 aliphatic rings. The summed E-state index contributed by atoms with van der Waals surface area (Å²) in [6.45, 7) is 3.67. The minimum atomic E-state index is 0. The minimum Gasteiger partial charge on any atom is -0.378 e. The molecule has 0 aliphatic heterocycles. The second kappa shape index (κ2) is 8.48. The zero-order chi connectivity index (χ0) is 17.3. The maximum Gasteiger partial charge on any atom is 0.193 e. The number of rotatable bonds is 5. The monoisotopic (exact) mass is 480 g/mol. The summed E-state index contributed by atoms with van der Waals surface area (Å²) in [6.07, 6.45) is 7.29. The van der Waals surface area contributed by atoms with Crippen LogP contribution in [0.15, 0.2) is 17.3 Å². The molecular formula is C18H30ClIN4O. The number of nitrogens with zero attached hydrogens (tertiary/aromatic N) is 3. The van der Waals surface area contributed by atoms with Crippen LogP contribution in [0.2, 0.25) is 5.02 Å². The summed E-state index contributed by atoms with van der Waals surface area (Å²) in [5, 5.41) is 4.46. The number of ether oxygens (including phenoxy) is 1. The molecule has 142 valence electrons. The second-order valence-electron chi connectivity index (χ2n) is 7.13. The number of hydrogen-bond donors (Lipinski definition) is 1. The van der Waals surface area contributed by atoms with Gasteiger partial charge in [-0.1, -0.05) is 18.0 Å². The lowest BCUT2D eigenvalue weighted by Gasteiger charge is -2.61. The third kappa shape index (κ3) is 3.95. The normalized spacial score (nSPS) is 24.3. The number of halogens is 2. The predicted octanol–water partition coefficient (Wildman–Crippen LogP) is 3.65. The van der Waals surface area contributed by atoms with Gasteiger partial charge in [0.25, 0.3) is 0 Å². The fraction of sp³-hybridized carbons (Fsp3) is 0.722. The molecule has 0 radical (unpaired) electrons. The molecule has 1 N–H and O–H groups in total. The van der Waals surface area contributed by atoms with E-state index in [-0.39, 0.29) is 24.0 Å². The molecule has 1 spiro atoms. The van der Waals surface area contributed by atoms with Gasteiger partial charge in [0.1, 0.15) is 0 Å². The molecule has 1 aromatic heterocycles. The number of guanidine groups is 1. The maximum atomic E-state index is 6.09. The topological polar surface area (TPSA) is 41.8 Å². The molecule has 0 saturated heterocycles. The highest BCUT2D eigenvalue weighted by molar-refractivity contribution is 14.0. The van der Waals surface area contributed by atoms with E-state index in [1.165, 1.54) is 25.0 Å². The van der Waals surface area contributed by atoms with Gasteiger partial charge in [-0.3, -0.25) is 4.99 Å². The van der Waals surface area contributed by atoms with Crippen molar-refractivity contribution in [1.29, 1.82) is 0 Å². The summed E-state index contributed by atoms with van der Waals surface area (Å²) in [5.74, 6) is 0.943. The lowest BCUT2D eigenvalue weighted by Crippen LogP contribution is -2.68. The van der Waals surface area contributed by atoms with Crippen molar-refractivity contribution < 1.29 is 4.74 Å². The molecule has 2 fully saturated rings. The highest BCUT2D eigenvalue weighted by Crippen LogP contribution is 2.57. The van der Waals surface area contributed by atoms with Gasteiger partial charge < -0.3 is 19.5 Å². The Morgan fingerprint density at radius 2 is 2.24 bits per heavy atom. The smallest absolute Gasteiger partial charge is 0.193 e. The van der Waals surface area contributed by atoms with Crippen molar-refractivity contribution in [2.45, 2.75) is 51.3 Å². The number of nitrogens with one attached hydrogen (secondary N) is 1. The third-order valence-corrected chi connectivity index (χ3v) is 5.99. The van der Waals surface area contributed by atoms with Crippen LogP contribution in [0.3, 0.4) is 0 Å². The molecule has 25 heavy (non-hydrogen) atoms. The third-order valence-electron chi connectivity index (χ3n) is 5.79. The van der Waals surface area contributed by atoms with Crippen LogP contribution >= 0.6 is 35.6 Å². The zero-order valence-electron chi connectivity index (χ0n) is 15.6. The number of hydrogen-bond acceptors (Lipinski definition) is 2. The first-order valence-electron chi connectivity index (χ1n) is 8.87. The number of aromatic nitrogens is 1. The Kier molecular flexibility index (Phi) is 7.07. The van der Waals surface area contributed by atoms with Crippen LogP contribution in [0.1, 0.15) is 38.3 Å². The fourth-order valence-corrected chi connectivity index (χ4v) is 4.46. The van der Waals surface area contributed by atoms with E-state index in [1.54, 1.807) is 0 Å². The molecule has 2 unspecified atom stereocenters. The van der Waals surface area contributed by atoms with Crippen molar-refractivity contribution in [3.8, 4) is 0 Å². The van der Waals surface area contributed by atoms with E-state index in [1.807, 2.05) is 26.4 Å². The van der Waals surface area contributed by atoms with Crippen molar-refractivity contribution >= 4 is 41.5 Å². The van der Waals surface area contributed by atoms with Gasteiger partial charge >= 0.3 is 0 Å². The molecule has 0 amide bonds. The van der Waals surface area contributed by atoms with Crippen molar-refractivity contribution in [2.75, 3.05) is 20.7 Å². The van der Waals surface area contributed by atoms with E-state index in [4.69, 9.17) is 16.3 Å². The molecule has 3 rings (SSSR count). The first kappa shape index (κ1) is 20.8. The molecule has 2 aliphatic carbocycles. The lowest BCUT2D eigenvalue weighted by atomic mass is 9.51. The van der Waals surface area contributed by atoms with E-state index in [0.29, 0.717) is 17.6 Å². The Bertz CT molecular complexity index is 614. The van der Waals surface area contributed by atoms with Gasteiger partial charge in [-0.05, 0) is 32.3 Å². The summed E-state index contributed by atoms with van der Waals surface area (Å²) in [5.41, 5.74) is 1.51. The summed E-state index contributed by atoms with van der Waals surface area (Å²) < 4.78 is 8.01. The van der Waals surface area contributed by atoms with Crippen LogP contribution in [-0.4, -0.2) is 48.3 Å². The highest BCUT2D eigenvalue weighted by Gasteiger charge is 2.59. The van der Waals surface area contributed by atoms with E-state index < -0.39 is 0 Å². The quantitative estimate of drug-likeness (QED) is 0.397. The summed E-state index contributed by atoms with van der Waals surface area (Å²) >= 11 is 6.09. The first-order chi connectivity index (χ1) is 11.5. The zero-order valence-corrected chi connectivity index (χ0v) is 18.7. The Morgan fingerprint density at radius 3 is 2.72 bits per heavy atom. The molecule has 7 heteroatoms. The summed E-state index contributed by atoms with van der Waals surface area (Å²) in [4.78, 5) is 6.64. The van der Waals surface area contributed by atoms with Crippen molar-refractivity contribution in [3.63, 3.8) is 0 Å². The van der Waals surface area contributed by atoms with Gasteiger partial charge in [-0.25, -0.2) is 0 Å². The van der Waals surface area contributed by atoms with E-state index in [0.717, 1.165) is 30.6 Å². The Morgan fingerprint density at radius 1 is 1.52 bits per heavy atom. The number of aliphatic imine (C=N–C) groups is 1. The van der Waals surface area contributed by atoms with Crippen molar-refractivity contribution in [2.24, 2.45) is 17.5 Å². The molecule has 2 atom stereocenters. The van der Waals surface area contributed by atoms with Crippen molar-refractivity contribution in [1.82, 2.24) is 14.8 Å². The average Bonchev–Trinajstić information content (AvgIpc) is 2.78. The van der Waals surface area contributed by atoms with Crippen LogP contribution in [0.4, 0.5) is 0 Å². The molecule has 5 nitrogen and oxygen atoms in total. The number of aryl methyl sites for hydroxylation is 1. The largest absolute Gasteiger partial charge is 0.378 e. The Hall–Kier alpha value is -0.470. The van der Waals surface area contributed by atoms with E-state index in [9.17, 15) is 0 Å². The first-order valence-corrected chi connectivity index (χ1v) is 9.24. The van der Waals surface area contributed by atoms with Crippen LogP contribution in [-0.2, 0) is 18.3 Å². The predicted molar refractivity (Wildman–Crippen MR) is 114 cm³/mol. The molecule has 1 heterocycles. The van der Waals surface area contributed by atoms with Crippen LogP contribution < -0.4 is 5.32 Å². The Labute approximate surface area is 173 Å². The Balaban J connectivity index is 0.00000225. The average molecular weight is 481 g/mol. The van der Waals surface area contributed by atoms with Gasteiger partial charge in [0, 0.05) is 51.1 Å². The van der Waals surface area contributed by atoms with Gasteiger partial charge in [0.15, 0.2) is 5.96 Å². The fourth-order valence-electron chi connectivity index (χ4n) is 4.18. The van der Waals surface area contributed by atoms with E-state index >= 15 is 0 Å². The minimum absolute atomic E-state index is 0. The van der Waals surface area contributed by atoms with Crippen LogP contribution in [0.25, 0.3) is 0 Å². The highest BCUT2D eigenvalue weighted by atomic mass is 127. The molecule has 1 aromatic rings. The lowest BCUT2D eigenvalue weighted by molar-refractivity contribution is -0.168. The second-order valence-corrected chi connectivity index (χ2v) is 7.56. The standard InChI is InChI=1S/C18H29ClN4O.HI/c1-5-24-16-10-15(18(16)7-6-8-18)21-17(20-2)23(4)12-14-9-13(19)11-22(14)3;/h9,11,15-16H,5-8,10,12H2,1-4H3,(H,20,21);1H. The maximum absolute atomic E-state index is 6.09. The molecule has 2 saturated carbocycles. The van der Waals surface area contributed by atoms with Crippen molar-refractivity contribution in [3.05, 3.63) is 23.0 Å². The van der Waals surface area contributed by atoms with Crippen LogP contribution in [0, 0.1) is 5.41 Å². The van der Waals surface area contributed by atoms with Gasteiger partial charge in [0.2, 0.25) is 0 Å². The van der Waals surface area contributed by atoms with E-state index in [2.05, 4.69) is 33.7 Å². The summed E-state index contributed by atoms with van der Waals surface area (Å²) in [7, 11) is 5.94. The van der Waals surface area contributed by atoms with Gasteiger partial charge in [-0.2, -0.15) is 0 Å².